The molecule has 160 valence electrons. The number of amides is 1. The minimum Gasteiger partial charge on any atom is -0.354 e. The van der Waals surface area contributed by atoms with Crippen LogP contribution in [0.1, 0.15) is 0 Å². The molecule has 0 unspecified atom stereocenters. The number of rotatable bonds is 6. The van der Waals surface area contributed by atoms with Crippen LogP contribution in [0.2, 0.25) is 10.0 Å². The molecule has 1 heterocycles. The van der Waals surface area contributed by atoms with Crippen LogP contribution in [-0.2, 0) is 14.8 Å². The van der Waals surface area contributed by atoms with E-state index in [0.717, 1.165) is 9.20 Å². The number of hydrogen-bond acceptors (Lipinski definition) is 4. The van der Waals surface area contributed by atoms with Gasteiger partial charge in [0.15, 0.2) is 0 Å². The summed E-state index contributed by atoms with van der Waals surface area (Å²) in [6, 6.07) is 19.2. The predicted molar refractivity (Wildman–Crippen MR) is 127 cm³/mol. The van der Waals surface area contributed by atoms with E-state index in [1.807, 2.05) is 24.3 Å². The molecule has 3 aromatic carbocycles. The van der Waals surface area contributed by atoms with Crippen molar-refractivity contribution in [2.75, 3.05) is 23.1 Å². The van der Waals surface area contributed by atoms with Crippen molar-refractivity contribution in [3.8, 4) is 11.1 Å². The number of anilines is 1. The first-order chi connectivity index (χ1) is 14.9. The summed E-state index contributed by atoms with van der Waals surface area (Å²) >= 11 is 13.6. The molecule has 0 saturated heterocycles. The number of carbonyl (C=O) groups is 1. The Labute approximate surface area is 195 Å². The first-order valence-electron chi connectivity index (χ1n) is 9.43. The summed E-state index contributed by atoms with van der Waals surface area (Å²) in [6.45, 7) is 0.0982. The van der Waals surface area contributed by atoms with Gasteiger partial charge in [-0.2, -0.15) is 0 Å². The van der Waals surface area contributed by atoms with Crippen LogP contribution in [0.25, 0.3) is 11.1 Å². The van der Waals surface area contributed by atoms with Gasteiger partial charge in [0.25, 0.3) is 10.0 Å². The molecule has 31 heavy (non-hydrogen) atoms. The lowest BCUT2D eigenvalue weighted by Crippen LogP contribution is -2.43. The fourth-order valence-electron chi connectivity index (χ4n) is 3.35. The lowest BCUT2D eigenvalue weighted by Gasteiger charge is -2.31. The zero-order valence-corrected chi connectivity index (χ0v) is 19.4. The molecule has 0 bridgehead atoms. The third kappa shape index (κ3) is 4.70. The number of hydrogen-bond donors (Lipinski definition) is 1. The quantitative estimate of drug-likeness (QED) is 0.384. The van der Waals surface area contributed by atoms with Crippen LogP contribution in [0, 0.1) is 0 Å². The maximum Gasteiger partial charge on any atom is 0.265 e. The topological polar surface area (TPSA) is 66.5 Å². The Morgan fingerprint density at radius 3 is 2.42 bits per heavy atom. The second-order valence-corrected chi connectivity index (χ2v) is 10.7. The molecule has 0 atom stereocenters. The first kappa shape index (κ1) is 22.0. The molecular formula is C22H18Cl2N2O3S2. The average Bonchev–Trinajstić information content (AvgIpc) is 2.76. The smallest absolute Gasteiger partial charge is 0.265 e. The van der Waals surface area contributed by atoms with Crippen molar-refractivity contribution in [2.45, 2.75) is 9.79 Å². The van der Waals surface area contributed by atoms with Gasteiger partial charge in [-0.25, -0.2) is 8.42 Å². The summed E-state index contributed by atoms with van der Waals surface area (Å²) in [5, 5.41) is 3.96. The minimum atomic E-state index is -3.87. The zero-order chi connectivity index (χ0) is 22.0. The number of halogens is 2. The molecule has 0 spiro atoms. The van der Waals surface area contributed by atoms with Gasteiger partial charge in [-0.05, 0) is 48.5 Å². The molecule has 1 N–H and O–H groups in total. The SMILES string of the molecule is O=C(CN1c2ccc(Cl)cc2-c2ccccc2S1(=O)=O)NCCSc1ccc(Cl)cc1. The monoisotopic (exact) mass is 492 g/mol. The summed E-state index contributed by atoms with van der Waals surface area (Å²) in [5.41, 5.74) is 1.70. The zero-order valence-electron chi connectivity index (χ0n) is 16.2. The molecule has 0 radical (unpaired) electrons. The fourth-order valence-corrected chi connectivity index (χ4v) is 6.07. The molecule has 4 rings (SSSR count). The van der Waals surface area contributed by atoms with Crippen molar-refractivity contribution in [3.63, 3.8) is 0 Å². The van der Waals surface area contributed by atoms with Gasteiger partial charge in [0.05, 0.1) is 10.6 Å². The maximum absolute atomic E-state index is 13.2. The molecule has 0 aliphatic carbocycles. The molecule has 1 amide bonds. The Morgan fingerprint density at radius 2 is 1.65 bits per heavy atom. The van der Waals surface area contributed by atoms with Gasteiger partial charge in [0.2, 0.25) is 5.91 Å². The normalized spacial score (nSPS) is 13.9. The van der Waals surface area contributed by atoms with Crippen molar-refractivity contribution in [1.29, 1.82) is 0 Å². The van der Waals surface area contributed by atoms with Crippen LogP contribution in [0.3, 0.4) is 0 Å². The fraction of sp³-hybridized carbons (Fsp3) is 0.136. The number of benzene rings is 3. The Balaban J connectivity index is 1.47. The highest BCUT2D eigenvalue weighted by molar-refractivity contribution is 7.99. The van der Waals surface area contributed by atoms with Crippen molar-refractivity contribution in [2.24, 2.45) is 0 Å². The van der Waals surface area contributed by atoms with Crippen LogP contribution >= 0.6 is 35.0 Å². The van der Waals surface area contributed by atoms with Crippen molar-refractivity contribution in [1.82, 2.24) is 5.32 Å². The van der Waals surface area contributed by atoms with E-state index < -0.39 is 10.0 Å². The summed E-state index contributed by atoms with van der Waals surface area (Å²) in [6.07, 6.45) is 0. The molecule has 3 aromatic rings. The van der Waals surface area contributed by atoms with Crippen LogP contribution in [0.15, 0.2) is 76.5 Å². The lowest BCUT2D eigenvalue weighted by molar-refractivity contribution is -0.119. The van der Waals surface area contributed by atoms with Crippen molar-refractivity contribution < 1.29 is 13.2 Å². The van der Waals surface area contributed by atoms with Gasteiger partial charge < -0.3 is 5.32 Å². The molecule has 1 aliphatic heterocycles. The highest BCUT2D eigenvalue weighted by Gasteiger charge is 2.35. The molecule has 5 nitrogen and oxygen atoms in total. The van der Waals surface area contributed by atoms with Gasteiger partial charge in [-0.3, -0.25) is 9.10 Å². The van der Waals surface area contributed by atoms with E-state index in [-0.39, 0.29) is 17.3 Å². The first-order valence-corrected chi connectivity index (χ1v) is 12.6. The molecule has 0 aromatic heterocycles. The van der Waals surface area contributed by atoms with E-state index >= 15 is 0 Å². The average molecular weight is 493 g/mol. The number of fused-ring (bicyclic) bond motifs is 3. The summed E-state index contributed by atoms with van der Waals surface area (Å²) < 4.78 is 27.6. The van der Waals surface area contributed by atoms with Crippen LogP contribution in [0.5, 0.6) is 0 Å². The van der Waals surface area contributed by atoms with E-state index in [9.17, 15) is 13.2 Å². The number of sulfonamides is 1. The predicted octanol–water partition coefficient (Wildman–Crippen LogP) is 5.08. The van der Waals surface area contributed by atoms with E-state index in [4.69, 9.17) is 23.2 Å². The Kier molecular flexibility index (Phi) is 6.48. The standard InChI is InChI=1S/C22H18Cl2N2O3S2/c23-15-5-8-17(9-6-15)30-12-11-25-22(27)14-26-20-10-7-16(24)13-19(20)18-3-1-2-4-21(18)31(26,28)29/h1-10,13H,11-12,14H2,(H,25,27). The number of thioether (sulfide) groups is 1. The third-order valence-corrected chi connectivity index (χ3v) is 8.09. The Hall–Kier alpha value is -2.19. The van der Waals surface area contributed by atoms with E-state index in [1.165, 1.54) is 0 Å². The van der Waals surface area contributed by atoms with Crippen molar-refractivity contribution >= 4 is 56.6 Å². The van der Waals surface area contributed by atoms with Crippen LogP contribution < -0.4 is 9.62 Å². The Bertz CT molecular complexity index is 1230. The number of nitrogens with one attached hydrogen (secondary N) is 1. The van der Waals surface area contributed by atoms with Crippen LogP contribution in [-0.4, -0.2) is 33.2 Å². The summed E-state index contributed by atoms with van der Waals surface area (Å²) in [5.74, 6) is 0.273. The van der Waals surface area contributed by atoms with Gasteiger partial charge in [0, 0.05) is 38.4 Å². The van der Waals surface area contributed by atoms with Crippen LogP contribution in [0.4, 0.5) is 5.69 Å². The highest BCUT2D eigenvalue weighted by atomic mass is 35.5. The number of nitrogens with zero attached hydrogens (tertiary/aromatic N) is 1. The number of carbonyl (C=O) groups excluding carboxylic acids is 1. The van der Waals surface area contributed by atoms with Gasteiger partial charge in [-0.1, -0.05) is 41.4 Å². The second kappa shape index (κ2) is 9.12. The minimum absolute atomic E-state index is 0.163. The Morgan fingerprint density at radius 1 is 0.935 bits per heavy atom. The molecule has 0 saturated carbocycles. The van der Waals surface area contributed by atoms with E-state index in [2.05, 4.69) is 5.32 Å². The highest BCUT2D eigenvalue weighted by Crippen LogP contribution is 2.43. The van der Waals surface area contributed by atoms with Gasteiger partial charge >= 0.3 is 0 Å². The van der Waals surface area contributed by atoms with E-state index in [0.29, 0.717) is 39.2 Å². The van der Waals surface area contributed by atoms with Gasteiger partial charge in [-0.15, -0.1) is 11.8 Å². The largest absolute Gasteiger partial charge is 0.354 e. The van der Waals surface area contributed by atoms with Crippen molar-refractivity contribution in [3.05, 3.63) is 76.8 Å². The summed E-state index contributed by atoms with van der Waals surface area (Å²) in [4.78, 5) is 13.8. The lowest BCUT2D eigenvalue weighted by atomic mass is 10.0. The molecular weight excluding hydrogens is 475 g/mol. The second-order valence-electron chi connectivity index (χ2n) is 6.82. The molecule has 9 heteroatoms. The summed E-state index contributed by atoms with van der Waals surface area (Å²) in [7, 11) is -3.87. The maximum atomic E-state index is 13.2. The van der Waals surface area contributed by atoms with E-state index in [1.54, 1.807) is 54.2 Å². The third-order valence-electron chi connectivity index (χ3n) is 4.77. The molecule has 1 aliphatic rings. The van der Waals surface area contributed by atoms with Gasteiger partial charge in [0.1, 0.15) is 6.54 Å². The molecule has 0 fully saturated rings.